The highest BCUT2D eigenvalue weighted by Gasteiger charge is 2.43. The van der Waals surface area contributed by atoms with Crippen LogP contribution in [0.25, 0.3) is 0 Å². The Labute approximate surface area is 178 Å². The number of halogens is 1. The predicted octanol–water partition coefficient (Wildman–Crippen LogP) is 3.14. The van der Waals surface area contributed by atoms with E-state index in [-0.39, 0.29) is 24.1 Å². The molecule has 150 valence electrons. The van der Waals surface area contributed by atoms with Crippen molar-refractivity contribution >= 4 is 34.6 Å². The monoisotopic (exact) mass is 497 g/mol. The number of methoxy groups -OCH3 is 1. The van der Waals surface area contributed by atoms with Crippen molar-refractivity contribution in [1.29, 1.82) is 5.26 Å². The molecule has 2 aliphatic heterocycles. The highest BCUT2D eigenvalue weighted by molar-refractivity contribution is 14.1. The molecule has 1 aromatic carbocycles. The van der Waals surface area contributed by atoms with Crippen molar-refractivity contribution in [2.24, 2.45) is 0 Å². The molecule has 0 spiro atoms. The third kappa shape index (κ3) is 4.10. The number of fused-ring (bicyclic) bond motifs is 1. The SMILES string of the molecule is COC[C@@H]1C[C@@H](N2Cc3cc(C#N)c(I)cc3C2=O)CN1C(=O)OC(C)(C)C. The maximum absolute atomic E-state index is 13.0. The Kier molecular flexibility index (Phi) is 5.87. The molecule has 8 heteroatoms. The zero-order chi connectivity index (χ0) is 20.6. The molecule has 0 bridgehead atoms. The molecular formula is C20H24IN3O4. The van der Waals surface area contributed by atoms with E-state index in [0.717, 1.165) is 9.13 Å². The van der Waals surface area contributed by atoms with Crippen LogP contribution in [0.4, 0.5) is 4.79 Å². The maximum Gasteiger partial charge on any atom is 0.410 e. The van der Waals surface area contributed by atoms with Gasteiger partial charge in [0.1, 0.15) is 11.7 Å². The maximum atomic E-state index is 13.0. The van der Waals surface area contributed by atoms with Gasteiger partial charge in [-0.25, -0.2) is 4.79 Å². The fraction of sp³-hybridized carbons (Fsp3) is 0.550. The van der Waals surface area contributed by atoms with Crippen LogP contribution in [0, 0.1) is 14.9 Å². The quantitative estimate of drug-likeness (QED) is 0.600. The van der Waals surface area contributed by atoms with Crippen molar-refractivity contribution in [2.45, 2.75) is 51.4 Å². The average Bonchev–Trinajstić information content (AvgIpc) is 3.15. The van der Waals surface area contributed by atoms with Crippen LogP contribution in [-0.4, -0.2) is 59.7 Å². The molecule has 1 fully saturated rings. The summed E-state index contributed by atoms with van der Waals surface area (Å²) in [4.78, 5) is 29.1. The summed E-state index contributed by atoms with van der Waals surface area (Å²) in [6.45, 7) is 6.74. The minimum absolute atomic E-state index is 0.0513. The number of nitriles is 1. The van der Waals surface area contributed by atoms with E-state index in [0.29, 0.717) is 37.2 Å². The lowest BCUT2D eigenvalue weighted by Gasteiger charge is -2.28. The molecule has 1 aromatic rings. The van der Waals surface area contributed by atoms with Crippen LogP contribution in [0.1, 0.15) is 48.7 Å². The second kappa shape index (κ2) is 7.87. The van der Waals surface area contributed by atoms with Gasteiger partial charge in [-0.2, -0.15) is 5.26 Å². The topological polar surface area (TPSA) is 82.9 Å². The van der Waals surface area contributed by atoms with Crippen LogP contribution >= 0.6 is 22.6 Å². The summed E-state index contributed by atoms with van der Waals surface area (Å²) >= 11 is 2.08. The van der Waals surface area contributed by atoms with Crippen LogP contribution < -0.4 is 0 Å². The summed E-state index contributed by atoms with van der Waals surface area (Å²) in [6, 6.07) is 5.49. The first-order valence-corrected chi connectivity index (χ1v) is 10.2. The molecule has 0 unspecified atom stereocenters. The third-order valence-corrected chi connectivity index (χ3v) is 5.86. The molecule has 0 aliphatic carbocycles. The minimum Gasteiger partial charge on any atom is -0.444 e. The lowest BCUT2D eigenvalue weighted by molar-refractivity contribution is 0.0141. The van der Waals surface area contributed by atoms with Gasteiger partial charge in [-0.05, 0) is 67.5 Å². The van der Waals surface area contributed by atoms with Crippen molar-refractivity contribution in [2.75, 3.05) is 20.3 Å². The fourth-order valence-electron chi connectivity index (χ4n) is 3.75. The van der Waals surface area contributed by atoms with Crippen LogP contribution in [0.5, 0.6) is 0 Å². The first-order chi connectivity index (χ1) is 13.1. The Morgan fingerprint density at radius 2 is 2.11 bits per heavy atom. The van der Waals surface area contributed by atoms with Gasteiger partial charge in [0.05, 0.1) is 24.3 Å². The summed E-state index contributed by atoms with van der Waals surface area (Å²) in [5, 5.41) is 9.25. The molecule has 7 nitrogen and oxygen atoms in total. The Morgan fingerprint density at radius 1 is 1.39 bits per heavy atom. The van der Waals surface area contributed by atoms with E-state index in [1.165, 1.54) is 0 Å². The van der Waals surface area contributed by atoms with Crippen molar-refractivity contribution in [3.05, 3.63) is 32.4 Å². The van der Waals surface area contributed by atoms with Gasteiger partial charge in [0, 0.05) is 29.3 Å². The average molecular weight is 497 g/mol. The number of ether oxygens (including phenoxy) is 2. The van der Waals surface area contributed by atoms with Gasteiger partial charge in [0.2, 0.25) is 0 Å². The third-order valence-electron chi connectivity index (χ3n) is 4.97. The van der Waals surface area contributed by atoms with Crippen LogP contribution in [0.15, 0.2) is 12.1 Å². The predicted molar refractivity (Wildman–Crippen MR) is 111 cm³/mol. The second-order valence-electron chi connectivity index (χ2n) is 8.17. The first-order valence-electron chi connectivity index (χ1n) is 9.16. The number of nitrogens with zero attached hydrogens (tertiary/aromatic N) is 3. The number of hydrogen-bond acceptors (Lipinski definition) is 5. The van der Waals surface area contributed by atoms with Gasteiger partial charge < -0.3 is 19.3 Å². The molecule has 2 amide bonds. The zero-order valence-electron chi connectivity index (χ0n) is 16.5. The lowest BCUT2D eigenvalue weighted by atomic mass is 10.1. The van der Waals surface area contributed by atoms with E-state index < -0.39 is 5.60 Å². The van der Waals surface area contributed by atoms with Crippen molar-refractivity contribution in [1.82, 2.24) is 9.80 Å². The largest absolute Gasteiger partial charge is 0.444 e. The van der Waals surface area contributed by atoms with Gasteiger partial charge in [-0.1, -0.05) is 0 Å². The molecule has 2 atom stereocenters. The van der Waals surface area contributed by atoms with E-state index in [2.05, 4.69) is 28.7 Å². The number of amides is 2. The van der Waals surface area contributed by atoms with Crippen LogP contribution in [-0.2, 0) is 16.0 Å². The van der Waals surface area contributed by atoms with Gasteiger partial charge in [-0.3, -0.25) is 4.79 Å². The highest BCUT2D eigenvalue weighted by atomic mass is 127. The van der Waals surface area contributed by atoms with Crippen LogP contribution in [0.3, 0.4) is 0 Å². The fourth-order valence-corrected chi connectivity index (χ4v) is 4.34. The van der Waals surface area contributed by atoms with Gasteiger partial charge >= 0.3 is 6.09 Å². The molecular weight excluding hydrogens is 473 g/mol. The first kappa shape index (κ1) is 20.9. The number of rotatable bonds is 3. The lowest BCUT2D eigenvalue weighted by Crippen LogP contribution is -2.43. The Hall–Kier alpha value is -1.86. The summed E-state index contributed by atoms with van der Waals surface area (Å²) in [5.41, 5.74) is 1.49. The zero-order valence-corrected chi connectivity index (χ0v) is 18.6. The smallest absolute Gasteiger partial charge is 0.410 e. The molecule has 2 aliphatic rings. The van der Waals surface area contributed by atoms with E-state index >= 15 is 0 Å². The molecule has 2 heterocycles. The van der Waals surface area contributed by atoms with Gasteiger partial charge in [0.15, 0.2) is 0 Å². The van der Waals surface area contributed by atoms with Crippen LogP contribution in [0.2, 0.25) is 0 Å². The molecule has 0 aromatic heterocycles. The molecule has 0 radical (unpaired) electrons. The minimum atomic E-state index is -0.586. The number of carbonyl (C=O) groups is 2. The van der Waals surface area contributed by atoms with E-state index in [1.807, 2.05) is 20.8 Å². The Morgan fingerprint density at radius 3 is 2.71 bits per heavy atom. The summed E-state index contributed by atoms with van der Waals surface area (Å²) < 4.78 is 11.6. The molecule has 1 saturated heterocycles. The second-order valence-corrected chi connectivity index (χ2v) is 9.33. The molecule has 0 N–H and O–H groups in total. The Bertz CT molecular complexity index is 843. The summed E-state index contributed by atoms with van der Waals surface area (Å²) in [7, 11) is 1.60. The molecule has 28 heavy (non-hydrogen) atoms. The number of likely N-dealkylation sites (tertiary alicyclic amines) is 1. The summed E-state index contributed by atoms with van der Waals surface area (Å²) in [6.07, 6.45) is 0.247. The standard InChI is InChI=1S/C20H24IN3O4/c1-20(2,3)28-19(26)24-10-14(6-15(24)11-27-4)23-9-13-5-12(8-22)17(21)7-16(13)18(23)25/h5,7,14-15H,6,9-11H2,1-4H3/t14-,15+/m1/s1. The van der Waals surface area contributed by atoms with E-state index in [4.69, 9.17) is 9.47 Å². The Balaban J connectivity index is 1.80. The molecule has 3 rings (SSSR count). The van der Waals surface area contributed by atoms with Crippen molar-refractivity contribution in [3.8, 4) is 6.07 Å². The van der Waals surface area contributed by atoms with Gasteiger partial charge in [0.25, 0.3) is 5.91 Å². The number of hydrogen-bond donors (Lipinski definition) is 0. The van der Waals surface area contributed by atoms with Gasteiger partial charge in [-0.15, -0.1) is 0 Å². The van der Waals surface area contributed by atoms with Crippen molar-refractivity contribution in [3.63, 3.8) is 0 Å². The van der Waals surface area contributed by atoms with Crippen molar-refractivity contribution < 1.29 is 19.1 Å². The number of benzene rings is 1. The number of carbonyl (C=O) groups excluding carboxylic acids is 2. The normalized spacial score (nSPS) is 21.6. The van der Waals surface area contributed by atoms with E-state index in [9.17, 15) is 14.9 Å². The highest BCUT2D eigenvalue weighted by Crippen LogP contribution is 2.33. The van der Waals surface area contributed by atoms with E-state index in [1.54, 1.807) is 29.0 Å². The summed E-state index contributed by atoms with van der Waals surface area (Å²) in [5.74, 6) is -0.0513. The molecule has 0 saturated carbocycles.